The van der Waals surface area contributed by atoms with Crippen molar-refractivity contribution in [1.29, 1.82) is 0 Å². The lowest BCUT2D eigenvalue weighted by molar-refractivity contribution is -0.384. The Bertz CT molecular complexity index is 1230. The fraction of sp³-hybridized carbons (Fsp3) is 0. The molecule has 1 aliphatic rings. The number of ether oxygens (including phenoxy) is 2. The van der Waals surface area contributed by atoms with E-state index in [1.54, 1.807) is 6.08 Å². The van der Waals surface area contributed by atoms with Gasteiger partial charge in [0.15, 0.2) is 5.76 Å². The van der Waals surface area contributed by atoms with Gasteiger partial charge in [-0.2, -0.15) is 0 Å². The van der Waals surface area contributed by atoms with Crippen molar-refractivity contribution in [3.63, 3.8) is 0 Å². The van der Waals surface area contributed by atoms with E-state index in [0.717, 1.165) is 16.1 Å². The van der Waals surface area contributed by atoms with Crippen molar-refractivity contribution >= 4 is 39.4 Å². The molecule has 4 rings (SSSR count). The summed E-state index contributed by atoms with van der Waals surface area (Å²) in [6.07, 6.45) is 1.63. The Kier molecular flexibility index (Phi) is 5.16. The molecule has 0 aromatic heterocycles. The van der Waals surface area contributed by atoms with E-state index in [1.807, 2.05) is 24.3 Å². The maximum Gasteiger partial charge on any atom is 0.343 e. The van der Waals surface area contributed by atoms with E-state index in [9.17, 15) is 19.7 Å². The van der Waals surface area contributed by atoms with Crippen molar-refractivity contribution in [3.8, 4) is 11.5 Å². The standard InChI is InChI=1S/C22H12BrNO6/c23-15-5-1-3-13(9-15)10-20-21(25)18-8-7-17(12-19(18)30-20)29-22(26)14-4-2-6-16(11-14)24(27)28/h1-12H/b20-10-. The van der Waals surface area contributed by atoms with Crippen molar-refractivity contribution in [1.82, 2.24) is 0 Å². The first kappa shape index (κ1) is 19.5. The zero-order valence-corrected chi connectivity index (χ0v) is 16.8. The van der Waals surface area contributed by atoms with Gasteiger partial charge in [-0.25, -0.2) is 4.79 Å². The van der Waals surface area contributed by atoms with Gasteiger partial charge < -0.3 is 9.47 Å². The lowest BCUT2D eigenvalue weighted by Crippen LogP contribution is -2.08. The number of hydrogen-bond acceptors (Lipinski definition) is 6. The maximum absolute atomic E-state index is 12.6. The number of fused-ring (bicyclic) bond motifs is 1. The molecule has 3 aromatic rings. The number of non-ortho nitro benzene ring substituents is 1. The van der Waals surface area contributed by atoms with Crippen molar-refractivity contribution in [2.75, 3.05) is 0 Å². The summed E-state index contributed by atoms with van der Waals surface area (Å²) in [6, 6.07) is 17.0. The van der Waals surface area contributed by atoms with Crippen LogP contribution in [0.4, 0.5) is 5.69 Å². The van der Waals surface area contributed by atoms with Crippen LogP contribution in [-0.2, 0) is 0 Å². The molecule has 1 aliphatic heterocycles. The molecule has 1 heterocycles. The number of halogens is 1. The molecule has 0 radical (unpaired) electrons. The summed E-state index contributed by atoms with van der Waals surface area (Å²) >= 11 is 3.38. The van der Waals surface area contributed by atoms with E-state index in [2.05, 4.69) is 15.9 Å². The van der Waals surface area contributed by atoms with Gasteiger partial charge in [0.2, 0.25) is 5.78 Å². The smallest absolute Gasteiger partial charge is 0.343 e. The highest BCUT2D eigenvalue weighted by molar-refractivity contribution is 9.10. The van der Waals surface area contributed by atoms with E-state index in [4.69, 9.17) is 9.47 Å². The van der Waals surface area contributed by atoms with Gasteiger partial charge in [0.25, 0.3) is 5.69 Å². The topological polar surface area (TPSA) is 95.7 Å². The molecular formula is C22H12BrNO6. The highest BCUT2D eigenvalue weighted by atomic mass is 79.9. The van der Waals surface area contributed by atoms with Crippen LogP contribution in [0.25, 0.3) is 6.08 Å². The lowest BCUT2D eigenvalue weighted by Gasteiger charge is -2.05. The molecule has 0 aliphatic carbocycles. The number of hydrogen-bond donors (Lipinski definition) is 0. The Labute approximate surface area is 178 Å². The Hall–Kier alpha value is -3.78. The van der Waals surface area contributed by atoms with Crippen LogP contribution in [-0.4, -0.2) is 16.7 Å². The second kappa shape index (κ2) is 7.92. The van der Waals surface area contributed by atoms with Gasteiger partial charge in [-0.05, 0) is 42.0 Å². The van der Waals surface area contributed by atoms with Gasteiger partial charge in [-0.1, -0.05) is 34.1 Å². The first-order valence-corrected chi connectivity index (χ1v) is 9.50. The third-order valence-electron chi connectivity index (χ3n) is 4.29. The zero-order valence-electron chi connectivity index (χ0n) is 15.2. The normalized spacial score (nSPS) is 13.6. The van der Waals surface area contributed by atoms with Crippen molar-refractivity contribution in [2.24, 2.45) is 0 Å². The predicted molar refractivity (Wildman–Crippen MR) is 112 cm³/mol. The number of carbonyl (C=O) groups excluding carboxylic acids is 2. The Morgan fingerprint density at radius 2 is 1.87 bits per heavy atom. The third-order valence-corrected chi connectivity index (χ3v) is 4.78. The first-order chi connectivity index (χ1) is 14.4. The fourth-order valence-corrected chi connectivity index (χ4v) is 3.31. The molecule has 0 spiro atoms. The monoisotopic (exact) mass is 465 g/mol. The quantitative estimate of drug-likeness (QED) is 0.173. The van der Waals surface area contributed by atoms with Crippen LogP contribution in [0.15, 0.2) is 77.0 Å². The molecular weight excluding hydrogens is 454 g/mol. The number of carbonyl (C=O) groups is 2. The molecule has 0 amide bonds. The van der Waals surface area contributed by atoms with Crippen LogP contribution in [0, 0.1) is 10.1 Å². The van der Waals surface area contributed by atoms with E-state index < -0.39 is 10.9 Å². The fourth-order valence-electron chi connectivity index (χ4n) is 2.89. The van der Waals surface area contributed by atoms with Crippen molar-refractivity contribution < 1.29 is 24.0 Å². The van der Waals surface area contributed by atoms with E-state index >= 15 is 0 Å². The van der Waals surface area contributed by atoms with Crippen LogP contribution in [0.3, 0.4) is 0 Å². The molecule has 0 fully saturated rings. The number of allylic oxidation sites excluding steroid dienone is 1. The second-order valence-corrected chi connectivity index (χ2v) is 7.27. The summed E-state index contributed by atoms with van der Waals surface area (Å²) in [6.45, 7) is 0. The Morgan fingerprint density at radius 3 is 2.63 bits per heavy atom. The number of Topliss-reactive ketones (excluding diaryl/α,β-unsaturated/α-hetero) is 1. The third kappa shape index (κ3) is 3.99. The maximum atomic E-state index is 12.6. The predicted octanol–water partition coefficient (Wildman–Crippen LogP) is 5.19. The van der Waals surface area contributed by atoms with Crippen molar-refractivity contribution in [3.05, 3.63) is 104 Å². The van der Waals surface area contributed by atoms with Crippen LogP contribution < -0.4 is 9.47 Å². The average Bonchev–Trinajstić information content (AvgIpc) is 3.03. The molecule has 0 saturated carbocycles. The summed E-state index contributed by atoms with van der Waals surface area (Å²) in [4.78, 5) is 35.2. The van der Waals surface area contributed by atoms with Crippen molar-refractivity contribution in [2.45, 2.75) is 0 Å². The number of nitro benzene ring substituents is 1. The summed E-state index contributed by atoms with van der Waals surface area (Å²) in [5, 5.41) is 10.9. The number of nitro groups is 1. The largest absolute Gasteiger partial charge is 0.452 e. The number of esters is 1. The zero-order chi connectivity index (χ0) is 21.3. The van der Waals surface area contributed by atoms with E-state index in [0.29, 0.717) is 5.56 Å². The molecule has 8 heteroatoms. The molecule has 0 unspecified atom stereocenters. The minimum atomic E-state index is -0.757. The van der Waals surface area contributed by atoms with Crippen LogP contribution in [0.1, 0.15) is 26.3 Å². The van der Waals surface area contributed by atoms with Gasteiger partial charge in [0.05, 0.1) is 16.1 Å². The molecule has 0 atom stereocenters. The minimum Gasteiger partial charge on any atom is -0.452 e. The van der Waals surface area contributed by atoms with Gasteiger partial charge in [0, 0.05) is 22.7 Å². The Balaban J connectivity index is 1.55. The SMILES string of the molecule is O=C(Oc1ccc2c(c1)O/C(=C\c1cccc(Br)c1)C2=O)c1cccc([N+](=O)[O-])c1. The number of rotatable bonds is 4. The summed E-state index contributed by atoms with van der Waals surface area (Å²) in [7, 11) is 0. The molecule has 0 saturated heterocycles. The second-order valence-electron chi connectivity index (χ2n) is 6.35. The van der Waals surface area contributed by atoms with Crippen LogP contribution in [0.5, 0.6) is 11.5 Å². The van der Waals surface area contributed by atoms with Gasteiger partial charge in [-0.15, -0.1) is 0 Å². The van der Waals surface area contributed by atoms with E-state index in [1.165, 1.54) is 36.4 Å². The Morgan fingerprint density at radius 1 is 1.07 bits per heavy atom. The first-order valence-electron chi connectivity index (χ1n) is 8.71. The lowest BCUT2D eigenvalue weighted by atomic mass is 10.1. The number of ketones is 1. The van der Waals surface area contributed by atoms with E-state index in [-0.39, 0.29) is 34.3 Å². The minimum absolute atomic E-state index is 0.0388. The summed E-state index contributed by atoms with van der Waals surface area (Å²) < 4.78 is 11.8. The molecule has 0 bridgehead atoms. The molecule has 148 valence electrons. The highest BCUT2D eigenvalue weighted by Gasteiger charge is 2.28. The van der Waals surface area contributed by atoms with Crippen LogP contribution >= 0.6 is 15.9 Å². The molecule has 0 N–H and O–H groups in total. The molecule has 30 heavy (non-hydrogen) atoms. The summed E-state index contributed by atoms with van der Waals surface area (Å²) in [5.74, 6) is -0.452. The molecule has 7 nitrogen and oxygen atoms in total. The summed E-state index contributed by atoms with van der Waals surface area (Å²) in [5.41, 5.74) is 0.968. The number of nitrogens with zero attached hydrogens (tertiary/aromatic N) is 1. The van der Waals surface area contributed by atoms with Crippen LogP contribution in [0.2, 0.25) is 0 Å². The number of benzene rings is 3. The van der Waals surface area contributed by atoms with Gasteiger partial charge >= 0.3 is 5.97 Å². The van der Waals surface area contributed by atoms with Gasteiger partial charge in [0.1, 0.15) is 11.5 Å². The average molecular weight is 466 g/mol. The van der Waals surface area contributed by atoms with Gasteiger partial charge in [-0.3, -0.25) is 14.9 Å². The molecule has 3 aromatic carbocycles. The highest BCUT2D eigenvalue weighted by Crippen LogP contribution is 2.35.